The molecular weight excluding hydrogens is 338 g/mol. The van der Waals surface area contributed by atoms with E-state index in [0.717, 1.165) is 3.57 Å². The molecule has 0 amide bonds. The SMILES string of the molecule is Nc1cc(Cl)nc(Oc2cccc(I)c2)c1. The number of nitrogens with zero attached hydrogens (tertiary/aromatic N) is 1. The first-order valence-electron chi connectivity index (χ1n) is 4.50. The molecule has 2 aromatic rings. The van der Waals surface area contributed by atoms with Gasteiger partial charge >= 0.3 is 0 Å². The number of ether oxygens (including phenoxy) is 1. The Kier molecular flexibility index (Phi) is 3.50. The van der Waals surface area contributed by atoms with Crippen LogP contribution in [0.2, 0.25) is 5.15 Å². The summed E-state index contributed by atoms with van der Waals surface area (Å²) in [6.45, 7) is 0. The zero-order chi connectivity index (χ0) is 11.5. The quantitative estimate of drug-likeness (QED) is 0.666. The summed E-state index contributed by atoms with van der Waals surface area (Å²) in [6, 6.07) is 10.8. The van der Waals surface area contributed by atoms with Crippen LogP contribution >= 0.6 is 34.2 Å². The highest BCUT2D eigenvalue weighted by Crippen LogP contribution is 2.24. The molecular formula is C11H8ClIN2O. The zero-order valence-corrected chi connectivity index (χ0v) is 11.1. The Morgan fingerprint density at radius 1 is 1.25 bits per heavy atom. The molecule has 1 heterocycles. The molecule has 0 radical (unpaired) electrons. The van der Waals surface area contributed by atoms with Gasteiger partial charge < -0.3 is 10.5 Å². The molecule has 0 aliphatic heterocycles. The van der Waals surface area contributed by atoms with Gasteiger partial charge in [-0.3, -0.25) is 0 Å². The maximum Gasteiger partial charge on any atom is 0.222 e. The molecule has 0 atom stereocenters. The van der Waals surface area contributed by atoms with Crippen molar-refractivity contribution in [2.75, 3.05) is 5.73 Å². The Bertz CT molecular complexity index is 499. The minimum absolute atomic E-state index is 0.320. The van der Waals surface area contributed by atoms with Crippen molar-refractivity contribution in [3.05, 3.63) is 45.1 Å². The van der Waals surface area contributed by atoms with E-state index in [4.69, 9.17) is 22.1 Å². The van der Waals surface area contributed by atoms with Crippen LogP contribution in [-0.4, -0.2) is 4.98 Å². The van der Waals surface area contributed by atoms with Crippen LogP contribution in [0.4, 0.5) is 5.69 Å². The highest BCUT2D eigenvalue weighted by atomic mass is 127. The second kappa shape index (κ2) is 4.88. The normalized spacial score (nSPS) is 10.1. The number of hydrogen-bond donors (Lipinski definition) is 1. The first-order valence-corrected chi connectivity index (χ1v) is 5.95. The number of anilines is 1. The Labute approximate surface area is 112 Å². The second-order valence-electron chi connectivity index (χ2n) is 3.12. The van der Waals surface area contributed by atoms with Gasteiger partial charge in [0.05, 0.1) is 0 Å². The third kappa shape index (κ3) is 2.99. The largest absolute Gasteiger partial charge is 0.439 e. The van der Waals surface area contributed by atoms with E-state index < -0.39 is 0 Å². The molecule has 3 nitrogen and oxygen atoms in total. The second-order valence-corrected chi connectivity index (χ2v) is 4.75. The molecule has 0 spiro atoms. The number of hydrogen-bond acceptors (Lipinski definition) is 3. The lowest BCUT2D eigenvalue weighted by Gasteiger charge is -2.06. The number of nitrogens with two attached hydrogens (primary N) is 1. The third-order valence-corrected chi connectivity index (χ3v) is 2.68. The van der Waals surface area contributed by atoms with Gasteiger partial charge in [0.15, 0.2) is 0 Å². The summed E-state index contributed by atoms with van der Waals surface area (Å²) in [5.74, 6) is 1.10. The van der Waals surface area contributed by atoms with Crippen LogP contribution in [0.5, 0.6) is 11.6 Å². The van der Waals surface area contributed by atoms with E-state index in [2.05, 4.69) is 27.6 Å². The van der Waals surface area contributed by atoms with Crippen LogP contribution in [0.25, 0.3) is 0 Å². The van der Waals surface area contributed by atoms with Gasteiger partial charge in [0.1, 0.15) is 10.9 Å². The van der Waals surface area contributed by atoms with Gasteiger partial charge in [-0.15, -0.1) is 0 Å². The van der Waals surface area contributed by atoms with Crippen LogP contribution in [0.15, 0.2) is 36.4 Å². The fraction of sp³-hybridized carbons (Fsp3) is 0. The van der Waals surface area contributed by atoms with E-state index in [1.165, 1.54) is 0 Å². The fourth-order valence-corrected chi connectivity index (χ4v) is 1.92. The van der Waals surface area contributed by atoms with E-state index in [9.17, 15) is 0 Å². The minimum atomic E-state index is 0.320. The fourth-order valence-electron chi connectivity index (χ4n) is 1.20. The molecule has 0 aliphatic carbocycles. The van der Waals surface area contributed by atoms with Crippen LogP contribution in [0.1, 0.15) is 0 Å². The molecule has 0 fully saturated rings. The lowest BCUT2D eigenvalue weighted by molar-refractivity contribution is 0.463. The van der Waals surface area contributed by atoms with Crippen molar-refractivity contribution in [1.82, 2.24) is 4.98 Å². The highest BCUT2D eigenvalue weighted by molar-refractivity contribution is 14.1. The predicted octanol–water partition coefficient (Wildman–Crippen LogP) is 3.71. The standard InChI is InChI=1S/C11H8ClIN2O/c12-10-5-8(14)6-11(15-10)16-9-3-1-2-7(13)4-9/h1-6H,(H2,14,15). The molecule has 2 N–H and O–H groups in total. The van der Waals surface area contributed by atoms with E-state index in [1.807, 2.05) is 24.3 Å². The van der Waals surface area contributed by atoms with Gasteiger partial charge in [0.2, 0.25) is 5.88 Å². The van der Waals surface area contributed by atoms with Crippen molar-refractivity contribution in [3.63, 3.8) is 0 Å². The maximum absolute atomic E-state index is 5.78. The number of benzene rings is 1. The Balaban J connectivity index is 2.27. The molecule has 0 saturated carbocycles. The van der Waals surface area contributed by atoms with E-state index >= 15 is 0 Å². The number of aromatic nitrogens is 1. The lowest BCUT2D eigenvalue weighted by atomic mass is 10.3. The van der Waals surface area contributed by atoms with E-state index in [1.54, 1.807) is 12.1 Å². The number of halogens is 2. The first-order chi connectivity index (χ1) is 7.63. The minimum Gasteiger partial charge on any atom is -0.439 e. The molecule has 0 saturated heterocycles. The molecule has 0 bridgehead atoms. The molecule has 5 heteroatoms. The molecule has 1 aromatic heterocycles. The Hall–Kier alpha value is -1.01. The van der Waals surface area contributed by atoms with Crippen molar-refractivity contribution >= 4 is 39.9 Å². The van der Waals surface area contributed by atoms with Crippen LogP contribution in [0, 0.1) is 3.57 Å². The van der Waals surface area contributed by atoms with Gasteiger partial charge in [-0.25, -0.2) is 4.98 Å². The number of pyridine rings is 1. The molecule has 82 valence electrons. The maximum atomic E-state index is 5.78. The van der Waals surface area contributed by atoms with Crippen LogP contribution in [0.3, 0.4) is 0 Å². The molecule has 2 rings (SSSR count). The monoisotopic (exact) mass is 346 g/mol. The molecule has 1 aromatic carbocycles. The van der Waals surface area contributed by atoms with Crippen molar-refractivity contribution in [2.24, 2.45) is 0 Å². The van der Waals surface area contributed by atoms with E-state index in [-0.39, 0.29) is 0 Å². The predicted molar refractivity (Wildman–Crippen MR) is 72.9 cm³/mol. The van der Waals surface area contributed by atoms with Gasteiger partial charge in [-0.05, 0) is 46.9 Å². The summed E-state index contributed by atoms with van der Waals surface area (Å²) >= 11 is 7.99. The summed E-state index contributed by atoms with van der Waals surface area (Å²) in [6.07, 6.45) is 0. The average Bonchev–Trinajstić information content (AvgIpc) is 2.15. The summed E-state index contributed by atoms with van der Waals surface area (Å²) in [7, 11) is 0. The zero-order valence-electron chi connectivity index (χ0n) is 8.15. The highest BCUT2D eigenvalue weighted by Gasteiger charge is 2.02. The topological polar surface area (TPSA) is 48.1 Å². The number of rotatable bonds is 2. The average molecular weight is 347 g/mol. The van der Waals surface area contributed by atoms with Crippen molar-refractivity contribution in [2.45, 2.75) is 0 Å². The third-order valence-electron chi connectivity index (χ3n) is 1.81. The number of nitrogen functional groups attached to an aromatic ring is 1. The summed E-state index contributed by atoms with van der Waals surface area (Å²) in [5, 5.41) is 0.320. The van der Waals surface area contributed by atoms with Crippen molar-refractivity contribution in [1.29, 1.82) is 0 Å². The summed E-state index contributed by atoms with van der Waals surface area (Å²) < 4.78 is 6.63. The van der Waals surface area contributed by atoms with Gasteiger partial charge in [0, 0.05) is 15.3 Å². The molecule has 0 aliphatic rings. The lowest BCUT2D eigenvalue weighted by Crippen LogP contribution is -1.92. The van der Waals surface area contributed by atoms with Crippen molar-refractivity contribution < 1.29 is 4.74 Å². The Morgan fingerprint density at radius 3 is 2.75 bits per heavy atom. The van der Waals surface area contributed by atoms with Crippen LogP contribution < -0.4 is 10.5 Å². The Morgan fingerprint density at radius 2 is 2.06 bits per heavy atom. The molecule has 16 heavy (non-hydrogen) atoms. The molecule has 0 unspecified atom stereocenters. The first kappa shape index (κ1) is 11.5. The van der Waals surface area contributed by atoms with Crippen molar-refractivity contribution in [3.8, 4) is 11.6 Å². The van der Waals surface area contributed by atoms with Crippen LogP contribution in [-0.2, 0) is 0 Å². The van der Waals surface area contributed by atoms with Gasteiger partial charge in [-0.2, -0.15) is 0 Å². The smallest absolute Gasteiger partial charge is 0.222 e. The summed E-state index contributed by atoms with van der Waals surface area (Å²) in [4.78, 5) is 4.02. The summed E-state index contributed by atoms with van der Waals surface area (Å²) in [5.41, 5.74) is 6.17. The van der Waals surface area contributed by atoms with Gasteiger partial charge in [-0.1, -0.05) is 17.7 Å². The van der Waals surface area contributed by atoms with Gasteiger partial charge in [0.25, 0.3) is 0 Å². The van der Waals surface area contributed by atoms with E-state index in [0.29, 0.717) is 22.5 Å².